The number of carbonyl (C=O) groups excluding carboxylic acids is 1. The predicted octanol–water partition coefficient (Wildman–Crippen LogP) is 2.93. The third-order valence-electron chi connectivity index (χ3n) is 3.30. The van der Waals surface area contributed by atoms with E-state index in [1.165, 1.54) is 0 Å². The lowest BCUT2D eigenvalue weighted by Crippen LogP contribution is -2.29. The summed E-state index contributed by atoms with van der Waals surface area (Å²) in [5.74, 6) is 0.657. The minimum absolute atomic E-state index is 0.0819. The molecule has 1 aromatic carbocycles. The number of ether oxygens (including phenoxy) is 2. The zero-order valence-electron chi connectivity index (χ0n) is 11.5. The number of halogens is 1. The molecule has 0 saturated heterocycles. The fourth-order valence-electron chi connectivity index (χ4n) is 2.26. The van der Waals surface area contributed by atoms with E-state index in [-0.39, 0.29) is 18.5 Å². The number of aryl methyl sites for hydroxylation is 1. The molecule has 2 aromatic rings. The van der Waals surface area contributed by atoms with Gasteiger partial charge >= 0.3 is 5.97 Å². The highest BCUT2D eigenvalue weighted by atomic mass is 35.5. The summed E-state index contributed by atoms with van der Waals surface area (Å²) in [5, 5.41) is 4.37. The molecule has 1 aromatic heterocycles. The largest absolute Gasteiger partial charge is 0.492 e. The maximum absolute atomic E-state index is 12.1. The zero-order chi connectivity index (χ0) is 14.8. The Balaban J connectivity index is 1.61. The molecule has 0 N–H and O–H groups in total. The molecular formula is C15H14ClNO4. The number of hydrogen-bond donors (Lipinski definition) is 0. The molecule has 21 heavy (non-hydrogen) atoms. The average Bonchev–Trinajstić information content (AvgIpc) is 2.89. The van der Waals surface area contributed by atoms with Crippen LogP contribution in [0.1, 0.15) is 17.0 Å². The van der Waals surface area contributed by atoms with E-state index in [9.17, 15) is 4.79 Å². The van der Waals surface area contributed by atoms with Crippen LogP contribution in [-0.2, 0) is 22.6 Å². The van der Waals surface area contributed by atoms with Gasteiger partial charge in [-0.3, -0.25) is 4.79 Å². The van der Waals surface area contributed by atoms with Crippen molar-refractivity contribution in [3.8, 4) is 5.75 Å². The molecule has 1 aliphatic heterocycles. The predicted molar refractivity (Wildman–Crippen MR) is 75.2 cm³/mol. The highest BCUT2D eigenvalue weighted by Gasteiger charge is 2.27. The number of fused-ring (bicyclic) bond motifs is 1. The SMILES string of the molecule is Cc1cc(COC(=O)[C@H]2COc3ccc(Cl)cc3C2)on1. The van der Waals surface area contributed by atoms with Gasteiger partial charge in [0.05, 0.1) is 11.6 Å². The Labute approximate surface area is 126 Å². The third-order valence-corrected chi connectivity index (χ3v) is 3.53. The standard InChI is InChI=1S/C15H14ClNO4/c1-9-4-13(21-17-9)8-20-15(18)11-5-10-6-12(16)2-3-14(10)19-7-11/h2-4,6,11H,5,7-8H2,1H3/t11-/m1/s1. The zero-order valence-corrected chi connectivity index (χ0v) is 12.2. The Morgan fingerprint density at radius 3 is 3.10 bits per heavy atom. The van der Waals surface area contributed by atoms with E-state index < -0.39 is 0 Å². The molecule has 0 radical (unpaired) electrons. The van der Waals surface area contributed by atoms with Gasteiger partial charge in [0.25, 0.3) is 0 Å². The maximum Gasteiger partial charge on any atom is 0.313 e. The van der Waals surface area contributed by atoms with Crippen molar-refractivity contribution >= 4 is 17.6 Å². The van der Waals surface area contributed by atoms with Crippen LogP contribution in [0.25, 0.3) is 0 Å². The van der Waals surface area contributed by atoms with Gasteiger partial charge in [-0.1, -0.05) is 16.8 Å². The summed E-state index contributed by atoms with van der Waals surface area (Å²) in [7, 11) is 0. The number of hydrogen-bond acceptors (Lipinski definition) is 5. The van der Waals surface area contributed by atoms with Gasteiger partial charge in [-0.25, -0.2) is 0 Å². The average molecular weight is 308 g/mol. The van der Waals surface area contributed by atoms with Gasteiger partial charge in [0.1, 0.15) is 12.4 Å². The van der Waals surface area contributed by atoms with Crippen LogP contribution >= 0.6 is 11.6 Å². The molecule has 5 nitrogen and oxygen atoms in total. The van der Waals surface area contributed by atoms with Crippen LogP contribution < -0.4 is 4.74 Å². The van der Waals surface area contributed by atoms with Crippen molar-refractivity contribution < 1.29 is 18.8 Å². The number of esters is 1. The van der Waals surface area contributed by atoms with E-state index in [2.05, 4.69) is 5.16 Å². The lowest BCUT2D eigenvalue weighted by atomic mass is 9.97. The van der Waals surface area contributed by atoms with Crippen molar-refractivity contribution in [2.75, 3.05) is 6.61 Å². The Kier molecular flexibility index (Phi) is 3.84. The van der Waals surface area contributed by atoms with Gasteiger partial charge < -0.3 is 14.0 Å². The Bertz CT molecular complexity index is 667. The second-order valence-electron chi connectivity index (χ2n) is 5.01. The van der Waals surface area contributed by atoms with Crippen LogP contribution in [0.15, 0.2) is 28.8 Å². The van der Waals surface area contributed by atoms with Crippen LogP contribution in [0.4, 0.5) is 0 Å². The maximum atomic E-state index is 12.1. The molecule has 3 rings (SSSR count). The second kappa shape index (κ2) is 5.77. The first-order valence-electron chi connectivity index (χ1n) is 6.62. The summed E-state index contributed by atoms with van der Waals surface area (Å²) in [6.45, 7) is 2.20. The highest BCUT2D eigenvalue weighted by Crippen LogP contribution is 2.30. The van der Waals surface area contributed by atoms with Crippen LogP contribution in [0, 0.1) is 12.8 Å². The number of nitrogens with zero attached hydrogens (tertiary/aromatic N) is 1. The minimum Gasteiger partial charge on any atom is -0.492 e. The van der Waals surface area contributed by atoms with Crippen molar-refractivity contribution in [1.82, 2.24) is 5.16 Å². The van der Waals surface area contributed by atoms with Crippen LogP contribution in [0.3, 0.4) is 0 Å². The first kappa shape index (κ1) is 13.9. The van der Waals surface area contributed by atoms with E-state index in [1.54, 1.807) is 12.1 Å². The summed E-state index contributed by atoms with van der Waals surface area (Å²) in [5.41, 5.74) is 1.68. The van der Waals surface area contributed by atoms with Crippen molar-refractivity contribution in [2.24, 2.45) is 5.92 Å². The van der Waals surface area contributed by atoms with Crippen LogP contribution in [0.2, 0.25) is 5.02 Å². The molecule has 0 spiro atoms. The van der Waals surface area contributed by atoms with Gasteiger partial charge in [-0.05, 0) is 37.1 Å². The number of rotatable bonds is 3. The Morgan fingerprint density at radius 2 is 2.33 bits per heavy atom. The summed E-state index contributed by atoms with van der Waals surface area (Å²) >= 11 is 5.96. The van der Waals surface area contributed by atoms with Crippen molar-refractivity contribution in [1.29, 1.82) is 0 Å². The van der Waals surface area contributed by atoms with Crippen molar-refractivity contribution in [3.05, 3.63) is 46.3 Å². The highest BCUT2D eigenvalue weighted by molar-refractivity contribution is 6.30. The number of carbonyl (C=O) groups is 1. The lowest BCUT2D eigenvalue weighted by Gasteiger charge is -2.23. The topological polar surface area (TPSA) is 61.6 Å². The molecule has 110 valence electrons. The normalized spacial score (nSPS) is 17.0. The number of aromatic nitrogens is 1. The molecular weight excluding hydrogens is 294 g/mol. The van der Waals surface area contributed by atoms with E-state index in [1.807, 2.05) is 19.1 Å². The summed E-state index contributed by atoms with van der Waals surface area (Å²) in [6, 6.07) is 7.14. The molecule has 0 aliphatic carbocycles. The first-order chi connectivity index (χ1) is 10.1. The lowest BCUT2D eigenvalue weighted by molar-refractivity contribution is -0.152. The first-order valence-corrected chi connectivity index (χ1v) is 6.99. The molecule has 6 heteroatoms. The molecule has 0 bridgehead atoms. The second-order valence-corrected chi connectivity index (χ2v) is 5.44. The van der Waals surface area contributed by atoms with Crippen molar-refractivity contribution in [2.45, 2.75) is 20.0 Å². The fraction of sp³-hybridized carbons (Fsp3) is 0.333. The van der Waals surface area contributed by atoms with E-state index >= 15 is 0 Å². The quantitative estimate of drug-likeness (QED) is 0.816. The van der Waals surface area contributed by atoms with Gasteiger partial charge in [-0.2, -0.15) is 0 Å². The molecule has 0 fully saturated rings. The van der Waals surface area contributed by atoms with Crippen LogP contribution in [0.5, 0.6) is 5.75 Å². The van der Waals surface area contributed by atoms with Gasteiger partial charge in [-0.15, -0.1) is 0 Å². The number of benzene rings is 1. The molecule has 2 heterocycles. The Morgan fingerprint density at radius 1 is 1.48 bits per heavy atom. The monoisotopic (exact) mass is 307 g/mol. The molecule has 0 saturated carbocycles. The van der Waals surface area contributed by atoms with E-state index in [0.29, 0.717) is 23.8 Å². The van der Waals surface area contributed by atoms with Crippen molar-refractivity contribution in [3.63, 3.8) is 0 Å². The molecule has 0 unspecified atom stereocenters. The van der Waals surface area contributed by atoms with Gasteiger partial charge in [0.15, 0.2) is 12.4 Å². The van der Waals surface area contributed by atoms with E-state index in [4.69, 9.17) is 25.6 Å². The Hall–Kier alpha value is -2.01. The van der Waals surface area contributed by atoms with Gasteiger partial charge in [0, 0.05) is 11.1 Å². The summed E-state index contributed by atoms with van der Waals surface area (Å²) in [4.78, 5) is 12.1. The van der Waals surface area contributed by atoms with Crippen LogP contribution in [-0.4, -0.2) is 17.7 Å². The summed E-state index contributed by atoms with van der Waals surface area (Å²) < 4.78 is 15.8. The molecule has 1 atom stereocenters. The molecule has 0 amide bonds. The summed E-state index contributed by atoms with van der Waals surface area (Å²) in [6.07, 6.45) is 0.560. The fourth-order valence-corrected chi connectivity index (χ4v) is 2.45. The van der Waals surface area contributed by atoms with E-state index in [0.717, 1.165) is 17.0 Å². The molecule has 1 aliphatic rings. The smallest absolute Gasteiger partial charge is 0.313 e. The minimum atomic E-state index is -0.333. The third kappa shape index (κ3) is 3.19. The van der Waals surface area contributed by atoms with Gasteiger partial charge in [0.2, 0.25) is 0 Å².